The lowest BCUT2D eigenvalue weighted by Crippen LogP contribution is -2.26. The maximum absolute atomic E-state index is 11.1. The summed E-state index contributed by atoms with van der Waals surface area (Å²) in [4.78, 5) is 12.6. The van der Waals surface area contributed by atoms with Crippen LogP contribution >= 0.6 is 31.9 Å². The molecule has 0 atom stereocenters. The molecule has 0 radical (unpaired) electrons. The molecule has 1 aliphatic rings. The molecule has 11 heavy (non-hydrogen) atoms. The third kappa shape index (κ3) is 1.63. The van der Waals surface area contributed by atoms with Crippen molar-refractivity contribution in [3.63, 3.8) is 0 Å². The van der Waals surface area contributed by atoms with Gasteiger partial charge in [-0.05, 0) is 15.9 Å². The first-order valence-corrected chi connectivity index (χ1v) is 4.45. The Morgan fingerprint density at radius 1 is 1.64 bits per heavy atom. The summed E-state index contributed by atoms with van der Waals surface area (Å²) < 4.78 is 1.32. The molecular formula is C6H4Br2N2O. The van der Waals surface area contributed by atoms with E-state index < -0.39 is 0 Å². The first kappa shape index (κ1) is 8.75. The van der Waals surface area contributed by atoms with Crippen molar-refractivity contribution in [2.45, 2.75) is 0 Å². The molecular weight excluding hydrogens is 276 g/mol. The van der Waals surface area contributed by atoms with Crippen LogP contribution in [0.15, 0.2) is 8.96 Å². The largest absolute Gasteiger partial charge is 0.320 e. The Labute approximate surface area is 80.9 Å². The summed E-state index contributed by atoms with van der Waals surface area (Å²) >= 11 is 6.33. The number of hydrogen-bond donors (Lipinski definition) is 0. The van der Waals surface area contributed by atoms with E-state index in [-0.39, 0.29) is 12.5 Å². The van der Waals surface area contributed by atoms with Gasteiger partial charge in [0.2, 0.25) is 0 Å². The molecule has 0 aliphatic carbocycles. The average molecular weight is 280 g/mol. The second-order valence-corrected chi connectivity index (χ2v) is 3.79. The lowest BCUT2D eigenvalue weighted by molar-refractivity contribution is -0.124. The fraction of sp³-hybridized carbons (Fsp3) is 0.333. The molecule has 3 nitrogen and oxygen atoms in total. The fourth-order valence-corrected chi connectivity index (χ4v) is 1.63. The summed E-state index contributed by atoms with van der Waals surface area (Å²) in [6, 6.07) is 1.92. The number of nitrogens with zero attached hydrogens (tertiary/aromatic N) is 2. The predicted molar refractivity (Wildman–Crippen MR) is 47.1 cm³/mol. The molecule has 58 valence electrons. The van der Waals surface area contributed by atoms with Gasteiger partial charge in [0.1, 0.15) is 6.54 Å². The second kappa shape index (κ2) is 3.37. The molecule has 0 aromatic carbocycles. The van der Waals surface area contributed by atoms with E-state index in [0.717, 1.165) is 4.48 Å². The normalized spacial score (nSPS) is 17.5. The lowest BCUT2D eigenvalue weighted by Gasteiger charge is -2.09. The van der Waals surface area contributed by atoms with Crippen molar-refractivity contribution < 1.29 is 4.79 Å². The van der Waals surface area contributed by atoms with E-state index in [9.17, 15) is 4.79 Å². The topological polar surface area (TPSA) is 44.1 Å². The van der Waals surface area contributed by atoms with Crippen LogP contribution in [0.4, 0.5) is 0 Å². The first-order valence-electron chi connectivity index (χ1n) is 2.87. The van der Waals surface area contributed by atoms with Crippen molar-refractivity contribution >= 4 is 37.8 Å². The summed E-state index contributed by atoms with van der Waals surface area (Å²) in [5.41, 5.74) is 0. The molecule has 1 rings (SSSR count). The Morgan fingerprint density at radius 2 is 2.27 bits per heavy atom. The van der Waals surface area contributed by atoms with Crippen LogP contribution < -0.4 is 0 Å². The summed E-state index contributed by atoms with van der Waals surface area (Å²) in [6.07, 6.45) is 0. The Balaban J connectivity index is 2.72. The first-order chi connectivity index (χ1) is 5.16. The molecule has 0 aromatic rings. The van der Waals surface area contributed by atoms with Crippen molar-refractivity contribution in [2.24, 2.45) is 0 Å². The molecule has 0 aromatic heterocycles. The molecule has 1 aliphatic heterocycles. The number of nitriles is 1. The number of amides is 1. The highest BCUT2D eigenvalue weighted by Gasteiger charge is 2.26. The van der Waals surface area contributed by atoms with Gasteiger partial charge in [0, 0.05) is 4.48 Å². The highest BCUT2D eigenvalue weighted by molar-refractivity contribution is 9.14. The van der Waals surface area contributed by atoms with Crippen LogP contribution in [0.1, 0.15) is 0 Å². The van der Waals surface area contributed by atoms with E-state index in [1.807, 2.05) is 6.07 Å². The van der Waals surface area contributed by atoms with Crippen molar-refractivity contribution in [1.82, 2.24) is 4.90 Å². The second-order valence-electron chi connectivity index (χ2n) is 2.04. The molecule has 1 amide bonds. The van der Waals surface area contributed by atoms with Crippen LogP contribution in [0.5, 0.6) is 0 Å². The van der Waals surface area contributed by atoms with Crippen LogP contribution in [0.25, 0.3) is 0 Å². The monoisotopic (exact) mass is 278 g/mol. The number of rotatable bonds is 1. The van der Waals surface area contributed by atoms with Crippen molar-refractivity contribution in [3.8, 4) is 6.07 Å². The van der Waals surface area contributed by atoms with E-state index in [0.29, 0.717) is 11.0 Å². The Kier molecular flexibility index (Phi) is 2.68. The fourth-order valence-electron chi connectivity index (χ4n) is 0.777. The van der Waals surface area contributed by atoms with Gasteiger partial charge in [-0.2, -0.15) is 5.26 Å². The van der Waals surface area contributed by atoms with Crippen molar-refractivity contribution in [2.75, 3.05) is 13.1 Å². The minimum absolute atomic E-state index is 0.126. The van der Waals surface area contributed by atoms with Gasteiger partial charge in [-0.3, -0.25) is 4.79 Å². The molecule has 0 saturated heterocycles. The maximum atomic E-state index is 11.1. The zero-order valence-corrected chi connectivity index (χ0v) is 8.64. The zero-order valence-electron chi connectivity index (χ0n) is 5.47. The number of halogens is 2. The van der Waals surface area contributed by atoms with Crippen LogP contribution in [0.2, 0.25) is 0 Å². The van der Waals surface area contributed by atoms with Crippen LogP contribution in [0, 0.1) is 11.3 Å². The van der Waals surface area contributed by atoms with Gasteiger partial charge in [-0.15, -0.1) is 0 Å². The third-order valence-corrected chi connectivity index (χ3v) is 3.30. The minimum Gasteiger partial charge on any atom is -0.320 e. The van der Waals surface area contributed by atoms with Gasteiger partial charge in [-0.1, -0.05) is 15.9 Å². The summed E-state index contributed by atoms with van der Waals surface area (Å²) in [5.74, 6) is -0.126. The van der Waals surface area contributed by atoms with Crippen LogP contribution in [0.3, 0.4) is 0 Å². The molecule has 0 N–H and O–H groups in total. The average Bonchev–Trinajstić information content (AvgIpc) is 2.19. The number of carbonyl (C=O) groups excluding carboxylic acids is 1. The minimum atomic E-state index is -0.126. The highest BCUT2D eigenvalue weighted by atomic mass is 79.9. The van der Waals surface area contributed by atoms with E-state index in [1.54, 1.807) is 0 Å². The van der Waals surface area contributed by atoms with E-state index in [4.69, 9.17) is 5.26 Å². The predicted octanol–water partition coefficient (Wildman–Crippen LogP) is 1.35. The highest BCUT2D eigenvalue weighted by Crippen LogP contribution is 2.27. The third-order valence-electron chi connectivity index (χ3n) is 1.30. The van der Waals surface area contributed by atoms with Crippen LogP contribution in [-0.2, 0) is 4.79 Å². The molecule has 5 heteroatoms. The van der Waals surface area contributed by atoms with E-state index in [2.05, 4.69) is 31.9 Å². The Morgan fingerprint density at radius 3 is 2.64 bits per heavy atom. The van der Waals surface area contributed by atoms with Gasteiger partial charge >= 0.3 is 0 Å². The van der Waals surface area contributed by atoms with Gasteiger partial charge in [0.25, 0.3) is 5.91 Å². The van der Waals surface area contributed by atoms with Crippen LogP contribution in [-0.4, -0.2) is 23.9 Å². The number of carbonyl (C=O) groups is 1. The number of hydrogen-bond acceptors (Lipinski definition) is 2. The summed E-state index contributed by atoms with van der Waals surface area (Å²) in [6.45, 7) is 0.635. The smallest absolute Gasteiger partial charge is 0.262 e. The zero-order chi connectivity index (χ0) is 8.43. The quantitative estimate of drug-likeness (QED) is 0.680. The Hall–Kier alpha value is -0.340. The molecule has 0 saturated carbocycles. The molecule has 0 unspecified atom stereocenters. The van der Waals surface area contributed by atoms with Crippen molar-refractivity contribution in [1.29, 1.82) is 5.26 Å². The SMILES string of the molecule is N#CCN1CC(Br)=C(Br)C1=O. The van der Waals surface area contributed by atoms with Gasteiger partial charge in [0.15, 0.2) is 0 Å². The van der Waals surface area contributed by atoms with Gasteiger partial charge in [0.05, 0.1) is 17.1 Å². The Bertz CT molecular complexity index is 266. The van der Waals surface area contributed by atoms with Gasteiger partial charge in [-0.25, -0.2) is 0 Å². The summed E-state index contributed by atoms with van der Waals surface area (Å²) in [7, 11) is 0. The summed E-state index contributed by atoms with van der Waals surface area (Å²) in [5, 5.41) is 8.32. The molecule has 0 spiro atoms. The van der Waals surface area contributed by atoms with Gasteiger partial charge < -0.3 is 4.90 Å². The van der Waals surface area contributed by atoms with Crippen molar-refractivity contribution in [3.05, 3.63) is 8.96 Å². The maximum Gasteiger partial charge on any atom is 0.262 e. The molecule has 0 bridgehead atoms. The van der Waals surface area contributed by atoms with E-state index in [1.165, 1.54) is 4.90 Å². The standard InChI is InChI=1S/C6H4Br2N2O/c7-4-3-10(2-1-9)6(11)5(4)8/h2-3H2. The molecule has 1 heterocycles. The van der Waals surface area contributed by atoms with E-state index >= 15 is 0 Å². The molecule has 0 fully saturated rings. The lowest BCUT2D eigenvalue weighted by atomic mass is 10.5.